The van der Waals surface area contributed by atoms with E-state index >= 15 is 0 Å². The molecule has 0 radical (unpaired) electrons. The van der Waals surface area contributed by atoms with Gasteiger partial charge in [0.15, 0.2) is 5.78 Å². The van der Waals surface area contributed by atoms with Crippen LogP contribution in [-0.2, 0) is 9.53 Å². The number of hydrogen-bond donors (Lipinski definition) is 1. The van der Waals surface area contributed by atoms with Crippen molar-refractivity contribution in [2.75, 3.05) is 51.7 Å². The average Bonchev–Trinajstić information content (AvgIpc) is 3.42. The molecule has 0 bridgehead atoms. The van der Waals surface area contributed by atoms with Crippen molar-refractivity contribution < 1.29 is 14.3 Å². The lowest BCUT2D eigenvalue weighted by molar-refractivity contribution is -0.130. The highest BCUT2D eigenvalue weighted by molar-refractivity contribution is 6.02. The Balaban J connectivity index is 1.31. The lowest BCUT2D eigenvalue weighted by atomic mass is 9.98. The first kappa shape index (κ1) is 21.5. The molecule has 2 aliphatic rings. The van der Waals surface area contributed by atoms with E-state index in [-0.39, 0.29) is 17.6 Å². The number of ether oxygens (including phenoxy) is 1. The molecule has 2 fully saturated rings. The molecule has 2 N–H and O–H groups in total. The number of morpholine rings is 1. The Labute approximate surface area is 182 Å². The molecule has 0 spiro atoms. The van der Waals surface area contributed by atoms with Gasteiger partial charge in [-0.1, -0.05) is 17.7 Å². The van der Waals surface area contributed by atoms with Crippen LogP contribution in [0.3, 0.4) is 0 Å². The summed E-state index contributed by atoms with van der Waals surface area (Å²) in [6.45, 7) is 7.43. The van der Waals surface area contributed by atoms with Crippen LogP contribution in [0, 0.1) is 12.8 Å². The Morgan fingerprint density at radius 1 is 1.16 bits per heavy atom. The number of Topliss-reactive ketones (excluding diaryl/α,β-unsaturated/α-hetero) is 1. The average molecular weight is 426 g/mol. The van der Waals surface area contributed by atoms with Crippen molar-refractivity contribution in [1.29, 1.82) is 0 Å². The number of aryl methyl sites for hydroxylation is 1. The number of nitrogens with two attached hydrogens (primary N) is 1. The summed E-state index contributed by atoms with van der Waals surface area (Å²) in [6, 6.07) is 7.83. The van der Waals surface area contributed by atoms with E-state index in [1.807, 2.05) is 36.1 Å². The Morgan fingerprint density at radius 3 is 2.65 bits per heavy atom. The number of benzene rings is 1. The number of amides is 1. The van der Waals surface area contributed by atoms with Gasteiger partial charge in [0.05, 0.1) is 30.7 Å². The van der Waals surface area contributed by atoms with Crippen LogP contribution in [0.25, 0.3) is 5.69 Å². The van der Waals surface area contributed by atoms with Gasteiger partial charge in [0.1, 0.15) is 5.82 Å². The zero-order chi connectivity index (χ0) is 21.8. The molecule has 0 saturated carbocycles. The summed E-state index contributed by atoms with van der Waals surface area (Å²) in [4.78, 5) is 29.8. The van der Waals surface area contributed by atoms with Gasteiger partial charge in [0.25, 0.3) is 0 Å². The number of likely N-dealkylation sites (tertiary alicyclic amines) is 1. The van der Waals surface area contributed by atoms with Crippen LogP contribution in [0.15, 0.2) is 30.5 Å². The van der Waals surface area contributed by atoms with Gasteiger partial charge in [-0.2, -0.15) is 5.10 Å². The number of rotatable bonds is 7. The molecular formula is C23H31N5O3. The van der Waals surface area contributed by atoms with Gasteiger partial charge >= 0.3 is 0 Å². The van der Waals surface area contributed by atoms with Crippen LogP contribution in [0.5, 0.6) is 0 Å². The largest absolute Gasteiger partial charge is 0.383 e. The van der Waals surface area contributed by atoms with Gasteiger partial charge in [-0.05, 0) is 38.4 Å². The van der Waals surface area contributed by atoms with E-state index in [0.717, 1.165) is 50.5 Å². The smallest absolute Gasteiger partial charge is 0.222 e. The fourth-order valence-corrected chi connectivity index (χ4v) is 4.30. The zero-order valence-electron chi connectivity index (χ0n) is 18.1. The highest BCUT2D eigenvalue weighted by Crippen LogP contribution is 2.26. The molecule has 1 atom stereocenters. The second kappa shape index (κ2) is 9.62. The number of anilines is 1. The van der Waals surface area contributed by atoms with Gasteiger partial charge in [-0.15, -0.1) is 0 Å². The lowest BCUT2D eigenvalue weighted by Gasteiger charge is -2.26. The molecule has 166 valence electrons. The van der Waals surface area contributed by atoms with Crippen LogP contribution >= 0.6 is 0 Å². The van der Waals surface area contributed by atoms with E-state index in [9.17, 15) is 9.59 Å². The van der Waals surface area contributed by atoms with Crippen LogP contribution in [0.1, 0.15) is 35.2 Å². The molecule has 1 aromatic heterocycles. The highest BCUT2D eigenvalue weighted by Gasteiger charge is 2.33. The van der Waals surface area contributed by atoms with E-state index in [4.69, 9.17) is 10.5 Å². The molecule has 0 unspecified atom stereocenters. The molecule has 2 aliphatic heterocycles. The maximum Gasteiger partial charge on any atom is 0.222 e. The molecule has 2 aromatic rings. The molecule has 8 heteroatoms. The number of nitrogen functional groups attached to an aromatic ring is 1. The van der Waals surface area contributed by atoms with Crippen molar-refractivity contribution in [1.82, 2.24) is 19.6 Å². The molecule has 1 amide bonds. The topological polar surface area (TPSA) is 93.7 Å². The number of carbonyl (C=O) groups is 2. The summed E-state index contributed by atoms with van der Waals surface area (Å²) in [5, 5.41) is 4.32. The van der Waals surface area contributed by atoms with Crippen molar-refractivity contribution in [3.63, 3.8) is 0 Å². The third-order valence-electron chi connectivity index (χ3n) is 6.23. The predicted molar refractivity (Wildman–Crippen MR) is 118 cm³/mol. The maximum atomic E-state index is 13.1. The maximum absolute atomic E-state index is 13.1. The van der Waals surface area contributed by atoms with Gasteiger partial charge in [0.2, 0.25) is 5.91 Å². The quantitative estimate of drug-likeness (QED) is 0.681. The van der Waals surface area contributed by atoms with Crippen LogP contribution in [-0.4, -0.2) is 77.2 Å². The lowest BCUT2D eigenvalue weighted by Crippen LogP contribution is -2.37. The Hall–Kier alpha value is -2.71. The first-order valence-electron chi connectivity index (χ1n) is 11.1. The van der Waals surface area contributed by atoms with Crippen LogP contribution in [0.2, 0.25) is 0 Å². The second-order valence-electron chi connectivity index (χ2n) is 8.44. The number of aromatic nitrogens is 2. The predicted octanol–water partition coefficient (Wildman–Crippen LogP) is 1.91. The molecule has 4 rings (SSSR count). The Morgan fingerprint density at radius 2 is 1.90 bits per heavy atom. The third-order valence-corrected chi connectivity index (χ3v) is 6.23. The number of carbonyl (C=O) groups excluding carboxylic acids is 2. The van der Waals surface area contributed by atoms with Gasteiger partial charge < -0.3 is 15.4 Å². The minimum atomic E-state index is -0.221. The third kappa shape index (κ3) is 4.97. The van der Waals surface area contributed by atoms with Gasteiger partial charge in [-0.25, -0.2) is 4.68 Å². The second-order valence-corrected chi connectivity index (χ2v) is 8.44. The van der Waals surface area contributed by atoms with Crippen LogP contribution in [0.4, 0.5) is 5.82 Å². The van der Waals surface area contributed by atoms with Crippen molar-refractivity contribution in [2.45, 2.75) is 26.2 Å². The van der Waals surface area contributed by atoms with Gasteiger partial charge in [0, 0.05) is 38.5 Å². The van der Waals surface area contributed by atoms with Crippen LogP contribution < -0.4 is 5.73 Å². The molecule has 0 aliphatic carbocycles. The molecule has 8 nitrogen and oxygen atoms in total. The summed E-state index contributed by atoms with van der Waals surface area (Å²) in [7, 11) is 0. The highest BCUT2D eigenvalue weighted by atomic mass is 16.5. The molecular weight excluding hydrogens is 394 g/mol. The molecule has 1 aromatic carbocycles. The Kier molecular flexibility index (Phi) is 6.67. The summed E-state index contributed by atoms with van der Waals surface area (Å²) in [6.07, 6.45) is 3.57. The normalized spacial score (nSPS) is 19.6. The fourth-order valence-electron chi connectivity index (χ4n) is 4.30. The number of ketones is 1. The molecule has 3 heterocycles. The van der Waals surface area contributed by atoms with Gasteiger partial charge in [-0.3, -0.25) is 14.5 Å². The van der Waals surface area contributed by atoms with Crippen molar-refractivity contribution in [3.8, 4) is 5.69 Å². The molecule has 2 saturated heterocycles. The van der Waals surface area contributed by atoms with E-state index in [2.05, 4.69) is 10.00 Å². The van der Waals surface area contributed by atoms with E-state index in [0.29, 0.717) is 37.3 Å². The summed E-state index contributed by atoms with van der Waals surface area (Å²) in [5.74, 6) is 0.233. The van der Waals surface area contributed by atoms with Crippen molar-refractivity contribution in [2.24, 2.45) is 5.92 Å². The fraction of sp³-hybridized carbons (Fsp3) is 0.522. The monoisotopic (exact) mass is 425 g/mol. The summed E-state index contributed by atoms with van der Waals surface area (Å²) in [5.41, 5.74) is 8.67. The SMILES string of the molecule is Cc1ccc(-n2ncc(C(=O)[C@H]3CCN(C(=O)CCCN4CCOCC4)C3)c2N)cc1. The Bertz CT molecular complexity index is 918. The number of hydrogen-bond acceptors (Lipinski definition) is 6. The van der Waals surface area contributed by atoms with Crippen molar-refractivity contribution in [3.05, 3.63) is 41.6 Å². The standard InChI is InChI=1S/C23H31N5O3/c1-17-4-6-19(7-5-17)28-23(24)20(15-25-28)22(30)18-8-10-27(16-18)21(29)3-2-9-26-11-13-31-14-12-26/h4-7,15,18H,2-3,8-14,16,24H2,1H3/t18-/m0/s1. The zero-order valence-corrected chi connectivity index (χ0v) is 18.1. The first-order valence-corrected chi connectivity index (χ1v) is 11.1. The number of nitrogens with zero attached hydrogens (tertiary/aromatic N) is 4. The summed E-state index contributed by atoms with van der Waals surface area (Å²) < 4.78 is 6.95. The minimum Gasteiger partial charge on any atom is -0.383 e. The minimum absolute atomic E-state index is 0.0283. The van der Waals surface area contributed by atoms with E-state index in [1.165, 1.54) is 0 Å². The van der Waals surface area contributed by atoms with E-state index in [1.54, 1.807) is 10.9 Å². The van der Waals surface area contributed by atoms with Crippen molar-refractivity contribution >= 4 is 17.5 Å². The summed E-state index contributed by atoms with van der Waals surface area (Å²) >= 11 is 0. The molecule has 31 heavy (non-hydrogen) atoms. The van der Waals surface area contributed by atoms with E-state index < -0.39 is 0 Å². The first-order chi connectivity index (χ1) is 15.0.